The summed E-state index contributed by atoms with van der Waals surface area (Å²) in [5, 5.41) is 5.61. The second-order valence-corrected chi connectivity index (χ2v) is 4.17. The Bertz CT molecular complexity index is 517. The fourth-order valence-corrected chi connectivity index (χ4v) is 1.26. The summed E-state index contributed by atoms with van der Waals surface area (Å²) >= 11 is 0. The van der Waals surface area contributed by atoms with Gasteiger partial charge in [-0.3, -0.25) is 0 Å². The van der Waals surface area contributed by atoms with Gasteiger partial charge in [0.05, 0.1) is 0 Å². The minimum absolute atomic E-state index is 1.28. The maximum Gasteiger partial charge on any atom is 0.419 e. The molecule has 0 fully saturated rings. The average molecular weight is 264 g/mol. The summed E-state index contributed by atoms with van der Waals surface area (Å²) in [4.78, 5) is 9.10. The van der Waals surface area contributed by atoms with Gasteiger partial charge in [0.15, 0.2) is 0 Å². The van der Waals surface area contributed by atoms with Crippen molar-refractivity contribution >= 4 is 16.0 Å². The van der Waals surface area contributed by atoms with E-state index >= 15 is 0 Å². The van der Waals surface area contributed by atoms with E-state index in [0.29, 0.717) is 0 Å². The van der Waals surface area contributed by atoms with E-state index in [9.17, 15) is 0 Å². The first-order chi connectivity index (χ1) is 8.61. The number of thiol groups is 1. The van der Waals surface area contributed by atoms with Crippen molar-refractivity contribution < 1.29 is 18.3 Å². The van der Waals surface area contributed by atoms with E-state index in [2.05, 4.69) is 48.5 Å². The van der Waals surface area contributed by atoms with Gasteiger partial charge >= 0.3 is 5.30 Å². The predicted octanol–water partition coefficient (Wildman–Crippen LogP) is 2.63. The highest BCUT2D eigenvalue weighted by Gasteiger charge is 1.92. The monoisotopic (exact) mass is 264 g/mol. The first kappa shape index (κ1) is 13.9. The summed E-state index contributed by atoms with van der Waals surface area (Å²) < 4.78 is 18.3. The van der Waals surface area contributed by atoms with E-state index in [0.717, 1.165) is 0 Å². The van der Waals surface area contributed by atoms with Crippen molar-refractivity contribution in [3.63, 3.8) is 0 Å². The van der Waals surface area contributed by atoms with Crippen molar-refractivity contribution in [2.45, 2.75) is 0 Å². The Kier molecular flexibility index (Phi) is 5.60. The van der Waals surface area contributed by atoms with Crippen LogP contribution in [0.5, 0.6) is 0 Å². The second kappa shape index (κ2) is 7.24. The molecule has 0 heterocycles. The molecular formula is C13H12O4S. The molecule has 0 saturated carbocycles. The molecule has 2 rings (SSSR count). The smallest absolute Gasteiger partial charge is 0.419 e. The molecule has 0 spiro atoms. The minimum atomic E-state index is -3.24. The van der Waals surface area contributed by atoms with Gasteiger partial charge in [-0.05, 0) is 11.1 Å². The molecule has 0 radical (unpaired) electrons. The molecule has 0 aliphatic rings. The lowest BCUT2D eigenvalue weighted by Gasteiger charge is -1.98. The normalized spacial score (nSPS) is 9.39. The van der Waals surface area contributed by atoms with Crippen LogP contribution in [-0.4, -0.2) is 18.8 Å². The molecule has 18 heavy (non-hydrogen) atoms. The van der Waals surface area contributed by atoms with Crippen LogP contribution in [0.2, 0.25) is 0 Å². The van der Waals surface area contributed by atoms with Crippen molar-refractivity contribution in [1.29, 1.82) is 0 Å². The zero-order valence-corrected chi connectivity index (χ0v) is 10.3. The maximum atomic E-state index is 9.14. The zero-order chi connectivity index (χ0) is 13.4. The molecule has 4 nitrogen and oxygen atoms in total. The summed E-state index contributed by atoms with van der Waals surface area (Å²) in [5.74, 6) is 0. The highest BCUT2D eigenvalue weighted by atomic mass is 32.2. The first-order valence-electron chi connectivity index (χ1n) is 5.09. The number of hydrogen-bond donors (Lipinski definition) is 2. The molecule has 2 aromatic rings. The molecule has 0 saturated heterocycles. The van der Waals surface area contributed by atoms with Crippen LogP contribution in [-0.2, 0) is 10.7 Å². The Morgan fingerprint density at radius 1 is 0.778 bits per heavy atom. The molecule has 5 heteroatoms. The van der Waals surface area contributed by atoms with Gasteiger partial charge < -0.3 is 5.11 Å². The molecule has 94 valence electrons. The lowest BCUT2D eigenvalue weighted by atomic mass is 10.1. The standard InChI is InChI=1S/C12H10.CH2O4S/c1-3-7-11(8-4-1)12-9-5-2-6-10-12;2-1(3)6(4)5/h1-10H;6H,(H,2,3). The van der Waals surface area contributed by atoms with Crippen LogP contribution in [0, 0.1) is 0 Å². The predicted molar refractivity (Wildman–Crippen MR) is 70.2 cm³/mol. The molecule has 0 aliphatic carbocycles. The van der Waals surface area contributed by atoms with Crippen molar-refractivity contribution in [2.24, 2.45) is 0 Å². The SMILES string of the molecule is O=C(O)[SH](=O)=O.c1ccc(-c2ccccc2)cc1. The first-order valence-corrected chi connectivity index (χ1v) is 6.27. The van der Waals surface area contributed by atoms with Gasteiger partial charge in [0, 0.05) is 0 Å². The van der Waals surface area contributed by atoms with Gasteiger partial charge in [0.1, 0.15) is 0 Å². The zero-order valence-electron chi connectivity index (χ0n) is 9.39. The van der Waals surface area contributed by atoms with Crippen molar-refractivity contribution in [3.8, 4) is 11.1 Å². The summed E-state index contributed by atoms with van der Waals surface area (Å²) in [5.41, 5.74) is 2.55. The molecule has 0 unspecified atom stereocenters. The molecule has 0 atom stereocenters. The highest BCUT2D eigenvalue weighted by molar-refractivity contribution is 7.88. The van der Waals surface area contributed by atoms with Gasteiger partial charge in [-0.1, -0.05) is 60.7 Å². The average Bonchev–Trinajstić information content (AvgIpc) is 2.41. The molecule has 0 amide bonds. The number of hydrogen-bond acceptors (Lipinski definition) is 3. The Labute approximate surface area is 106 Å². The van der Waals surface area contributed by atoms with Gasteiger partial charge in [-0.25, -0.2) is 13.2 Å². The molecular weight excluding hydrogens is 252 g/mol. The summed E-state index contributed by atoms with van der Waals surface area (Å²) in [6, 6.07) is 20.8. The van der Waals surface area contributed by atoms with E-state index in [4.69, 9.17) is 18.3 Å². The topological polar surface area (TPSA) is 71.4 Å². The summed E-state index contributed by atoms with van der Waals surface area (Å²) in [7, 11) is -3.24. The third-order valence-corrected chi connectivity index (χ3v) is 2.35. The van der Waals surface area contributed by atoms with Crippen LogP contribution in [0.3, 0.4) is 0 Å². The third-order valence-electron chi connectivity index (χ3n) is 2.04. The van der Waals surface area contributed by atoms with Gasteiger partial charge in [-0.2, -0.15) is 0 Å². The Morgan fingerprint density at radius 3 is 1.28 bits per heavy atom. The number of carboxylic acid groups (broad SMARTS) is 1. The van der Waals surface area contributed by atoms with E-state index in [1.807, 2.05) is 12.1 Å². The quantitative estimate of drug-likeness (QED) is 0.777. The molecule has 2 aromatic carbocycles. The van der Waals surface area contributed by atoms with E-state index < -0.39 is 16.0 Å². The molecule has 0 aliphatic heterocycles. The van der Waals surface area contributed by atoms with E-state index in [1.165, 1.54) is 11.1 Å². The van der Waals surface area contributed by atoms with E-state index in [1.54, 1.807) is 0 Å². The van der Waals surface area contributed by atoms with Crippen molar-refractivity contribution in [2.75, 3.05) is 0 Å². The van der Waals surface area contributed by atoms with Crippen LogP contribution >= 0.6 is 0 Å². The number of carbonyl (C=O) groups is 1. The van der Waals surface area contributed by atoms with Crippen LogP contribution in [0.1, 0.15) is 0 Å². The van der Waals surface area contributed by atoms with Crippen molar-refractivity contribution in [3.05, 3.63) is 60.7 Å². The maximum absolute atomic E-state index is 9.14. The van der Waals surface area contributed by atoms with Crippen LogP contribution in [0.4, 0.5) is 4.79 Å². The fourth-order valence-electron chi connectivity index (χ4n) is 1.26. The summed E-state index contributed by atoms with van der Waals surface area (Å²) in [6.45, 7) is 0. The van der Waals surface area contributed by atoms with Crippen LogP contribution in [0.15, 0.2) is 60.7 Å². The Hall–Kier alpha value is -2.14. The van der Waals surface area contributed by atoms with Gasteiger partial charge in [0.2, 0.25) is 10.7 Å². The van der Waals surface area contributed by atoms with E-state index in [-0.39, 0.29) is 0 Å². The lowest BCUT2D eigenvalue weighted by Crippen LogP contribution is -1.90. The van der Waals surface area contributed by atoms with Crippen LogP contribution < -0.4 is 0 Å². The molecule has 0 aromatic heterocycles. The van der Waals surface area contributed by atoms with Crippen molar-refractivity contribution in [1.82, 2.24) is 0 Å². The number of rotatable bonds is 1. The minimum Gasteiger partial charge on any atom is -0.470 e. The van der Waals surface area contributed by atoms with Gasteiger partial charge in [-0.15, -0.1) is 0 Å². The molecule has 1 N–H and O–H groups in total. The largest absolute Gasteiger partial charge is 0.470 e. The Balaban J connectivity index is 0.000000232. The van der Waals surface area contributed by atoms with Gasteiger partial charge in [0.25, 0.3) is 0 Å². The van der Waals surface area contributed by atoms with Crippen LogP contribution in [0.25, 0.3) is 11.1 Å². The summed E-state index contributed by atoms with van der Waals surface area (Å²) in [6.07, 6.45) is 0. The second-order valence-electron chi connectivity index (χ2n) is 3.27. The highest BCUT2D eigenvalue weighted by Crippen LogP contribution is 2.17. The Morgan fingerprint density at radius 2 is 1.06 bits per heavy atom. The molecule has 0 bridgehead atoms. The fraction of sp³-hybridized carbons (Fsp3) is 0. The number of benzene rings is 2. The third kappa shape index (κ3) is 4.80. The lowest BCUT2D eigenvalue weighted by molar-refractivity contribution is 0.220.